The molecule has 1 amide bonds. The fourth-order valence-corrected chi connectivity index (χ4v) is 5.33. The van der Waals surface area contributed by atoms with E-state index in [1.54, 1.807) is 0 Å². The summed E-state index contributed by atoms with van der Waals surface area (Å²) in [5.74, 6) is 1.31. The Hall–Kier alpha value is -3.49. The Morgan fingerprint density at radius 1 is 1.11 bits per heavy atom. The second-order valence-electron chi connectivity index (χ2n) is 9.78. The number of para-hydroxylation sites is 1. The Balaban J connectivity index is 1.53. The molecule has 0 unspecified atom stereocenters. The van der Waals surface area contributed by atoms with Gasteiger partial charge < -0.3 is 14.8 Å². The van der Waals surface area contributed by atoms with E-state index in [2.05, 4.69) is 15.5 Å². The van der Waals surface area contributed by atoms with Gasteiger partial charge in [0.15, 0.2) is 0 Å². The number of aryl methyl sites for hydroxylation is 1. The van der Waals surface area contributed by atoms with Crippen LogP contribution < -0.4 is 14.8 Å². The highest BCUT2D eigenvalue weighted by Gasteiger charge is 2.44. The number of benzene rings is 2. The number of hydrogen-bond donors (Lipinski definition) is 1. The van der Waals surface area contributed by atoms with Crippen LogP contribution in [0.15, 0.2) is 54.6 Å². The van der Waals surface area contributed by atoms with Crippen LogP contribution in [0.2, 0.25) is 5.02 Å². The summed E-state index contributed by atoms with van der Waals surface area (Å²) >= 11 is 7.83. The van der Waals surface area contributed by atoms with Gasteiger partial charge in [-0.05, 0) is 51.1 Å². The van der Waals surface area contributed by atoms with Crippen molar-refractivity contribution in [2.24, 2.45) is 5.41 Å². The van der Waals surface area contributed by atoms with Gasteiger partial charge in [0.1, 0.15) is 16.5 Å². The lowest BCUT2D eigenvalue weighted by Gasteiger charge is -2.37. The number of fused-ring (bicyclic) bond motifs is 2. The molecule has 2 aromatic carbocycles. The molecule has 1 atom stereocenters. The minimum absolute atomic E-state index is 0.0204. The lowest BCUT2D eigenvalue weighted by molar-refractivity contribution is -0.124. The standard InChI is InChI=1S/C28H27ClN4O3S/c1-15(2)35-23-13-10-17(14-20(23)29)21-12-11-19-24(18-8-6-7-9-22(18)36-25(19)30-21)28(4,5)26(34)31-27-33-32-16(3)37-27/h6-15,24H,1-5H3,(H,31,33,34)/t24-/m0/s1. The maximum Gasteiger partial charge on any atom is 0.232 e. The lowest BCUT2D eigenvalue weighted by Crippen LogP contribution is -2.38. The van der Waals surface area contributed by atoms with Crippen molar-refractivity contribution in [2.75, 3.05) is 5.32 Å². The number of ether oxygens (including phenoxy) is 2. The van der Waals surface area contributed by atoms with E-state index in [4.69, 9.17) is 26.1 Å². The van der Waals surface area contributed by atoms with Gasteiger partial charge in [-0.3, -0.25) is 4.79 Å². The number of halogens is 1. The first-order valence-corrected chi connectivity index (χ1v) is 13.2. The molecule has 0 radical (unpaired) electrons. The van der Waals surface area contributed by atoms with Crippen molar-refractivity contribution >= 4 is 34.0 Å². The molecule has 0 saturated carbocycles. The number of aromatic nitrogens is 3. The fraction of sp³-hybridized carbons (Fsp3) is 0.286. The number of hydrogen-bond acceptors (Lipinski definition) is 7. The molecule has 0 bridgehead atoms. The number of carbonyl (C=O) groups is 1. The molecule has 7 nitrogen and oxygen atoms in total. The smallest absolute Gasteiger partial charge is 0.232 e. The van der Waals surface area contributed by atoms with Crippen molar-refractivity contribution < 1.29 is 14.3 Å². The summed E-state index contributed by atoms with van der Waals surface area (Å²) in [5, 5.41) is 12.8. The zero-order valence-corrected chi connectivity index (χ0v) is 22.8. The Morgan fingerprint density at radius 3 is 2.59 bits per heavy atom. The average molecular weight is 535 g/mol. The van der Waals surface area contributed by atoms with Crippen LogP contribution in [0.3, 0.4) is 0 Å². The van der Waals surface area contributed by atoms with Gasteiger partial charge in [-0.25, -0.2) is 4.98 Å². The monoisotopic (exact) mass is 534 g/mol. The van der Waals surface area contributed by atoms with Crippen LogP contribution in [0, 0.1) is 12.3 Å². The molecule has 37 heavy (non-hydrogen) atoms. The number of nitrogens with one attached hydrogen (secondary N) is 1. The van der Waals surface area contributed by atoms with E-state index in [-0.39, 0.29) is 17.9 Å². The van der Waals surface area contributed by atoms with Crippen LogP contribution in [0.1, 0.15) is 49.7 Å². The molecule has 1 aliphatic heterocycles. The number of carbonyl (C=O) groups excluding carboxylic acids is 1. The Labute approximate surface area is 224 Å². The summed E-state index contributed by atoms with van der Waals surface area (Å²) in [5.41, 5.74) is 2.46. The van der Waals surface area contributed by atoms with Gasteiger partial charge in [0.2, 0.25) is 16.9 Å². The Kier molecular flexibility index (Phi) is 6.64. The van der Waals surface area contributed by atoms with Gasteiger partial charge in [0, 0.05) is 22.6 Å². The second-order valence-corrected chi connectivity index (χ2v) is 11.4. The fourth-order valence-electron chi connectivity index (χ4n) is 4.52. The normalized spacial score (nSPS) is 14.5. The zero-order valence-electron chi connectivity index (χ0n) is 21.2. The van der Waals surface area contributed by atoms with Crippen LogP contribution >= 0.6 is 22.9 Å². The topological polar surface area (TPSA) is 86.2 Å². The molecule has 2 aromatic heterocycles. The molecule has 1 N–H and O–H groups in total. The highest BCUT2D eigenvalue weighted by Crippen LogP contribution is 2.52. The highest BCUT2D eigenvalue weighted by atomic mass is 35.5. The summed E-state index contributed by atoms with van der Waals surface area (Å²) in [7, 11) is 0. The summed E-state index contributed by atoms with van der Waals surface area (Å²) in [6, 6.07) is 17.3. The van der Waals surface area contributed by atoms with Crippen LogP contribution in [-0.2, 0) is 4.79 Å². The van der Waals surface area contributed by atoms with Gasteiger partial charge in [-0.1, -0.05) is 61.1 Å². The van der Waals surface area contributed by atoms with Gasteiger partial charge in [-0.2, -0.15) is 0 Å². The molecule has 9 heteroatoms. The molecule has 0 fully saturated rings. The van der Waals surface area contributed by atoms with Gasteiger partial charge >= 0.3 is 0 Å². The van der Waals surface area contributed by atoms with E-state index in [1.165, 1.54) is 11.3 Å². The lowest BCUT2D eigenvalue weighted by atomic mass is 9.69. The Morgan fingerprint density at radius 2 is 1.89 bits per heavy atom. The zero-order chi connectivity index (χ0) is 26.3. The number of amides is 1. The van der Waals surface area contributed by atoms with Crippen molar-refractivity contribution in [3.63, 3.8) is 0 Å². The highest BCUT2D eigenvalue weighted by molar-refractivity contribution is 7.15. The van der Waals surface area contributed by atoms with Crippen molar-refractivity contribution in [3.8, 4) is 28.6 Å². The van der Waals surface area contributed by atoms with Crippen molar-refractivity contribution in [2.45, 2.75) is 46.6 Å². The molecular formula is C28H27ClN4O3S. The molecule has 0 saturated heterocycles. The second kappa shape index (κ2) is 9.76. The van der Waals surface area contributed by atoms with E-state index in [0.29, 0.717) is 33.2 Å². The number of rotatable bonds is 6. The van der Waals surface area contributed by atoms with Crippen LogP contribution in [0.25, 0.3) is 11.3 Å². The SMILES string of the molecule is Cc1nnc(NC(=O)C(C)(C)[C@H]2c3ccccc3Oc3nc(-c4ccc(OC(C)C)c(Cl)c4)ccc32)s1. The van der Waals surface area contributed by atoms with E-state index in [1.807, 2.05) is 89.2 Å². The first-order valence-electron chi connectivity index (χ1n) is 12.0. The molecule has 190 valence electrons. The van der Waals surface area contributed by atoms with E-state index >= 15 is 0 Å². The number of pyridine rings is 1. The molecule has 3 heterocycles. The number of nitrogens with zero attached hydrogens (tertiary/aromatic N) is 3. The molecule has 4 aromatic rings. The third kappa shape index (κ3) is 4.91. The number of anilines is 1. The van der Waals surface area contributed by atoms with Crippen LogP contribution in [0.5, 0.6) is 17.4 Å². The summed E-state index contributed by atoms with van der Waals surface area (Å²) < 4.78 is 12.0. The summed E-state index contributed by atoms with van der Waals surface area (Å²) in [6.45, 7) is 9.61. The van der Waals surface area contributed by atoms with Gasteiger partial charge in [-0.15, -0.1) is 10.2 Å². The van der Waals surface area contributed by atoms with Crippen LogP contribution in [0.4, 0.5) is 5.13 Å². The minimum atomic E-state index is -0.851. The van der Waals surface area contributed by atoms with Gasteiger partial charge in [0.25, 0.3) is 0 Å². The third-order valence-corrected chi connectivity index (χ3v) is 7.33. The average Bonchev–Trinajstić information content (AvgIpc) is 3.27. The quantitative estimate of drug-likeness (QED) is 0.280. The maximum atomic E-state index is 13.5. The third-order valence-electron chi connectivity index (χ3n) is 6.28. The van der Waals surface area contributed by atoms with Crippen molar-refractivity contribution in [1.29, 1.82) is 0 Å². The summed E-state index contributed by atoms with van der Waals surface area (Å²) in [6.07, 6.45) is 0.0204. The van der Waals surface area contributed by atoms with E-state index in [0.717, 1.165) is 21.7 Å². The molecule has 5 rings (SSSR count). The molecule has 1 aliphatic rings. The maximum absolute atomic E-state index is 13.5. The predicted molar refractivity (Wildman–Crippen MR) is 146 cm³/mol. The molecule has 0 spiro atoms. The van der Waals surface area contributed by atoms with Gasteiger partial charge in [0.05, 0.1) is 22.2 Å². The largest absolute Gasteiger partial charge is 0.489 e. The molecule has 0 aliphatic carbocycles. The van der Waals surface area contributed by atoms with E-state index in [9.17, 15) is 4.79 Å². The first-order chi connectivity index (χ1) is 17.6. The molecular weight excluding hydrogens is 508 g/mol. The van der Waals surface area contributed by atoms with Crippen molar-refractivity contribution in [3.05, 3.63) is 75.8 Å². The van der Waals surface area contributed by atoms with E-state index < -0.39 is 5.41 Å². The van der Waals surface area contributed by atoms with Crippen molar-refractivity contribution in [1.82, 2.24) is 15.2 Å². The summed E-state index contributed by atoms with van der Waals surface area (Å²) in [4.78, 5) is 18.4. The Bertz CT molecular complexity index is 1480. The first kappa shape index (κ1) is 25.2. The van der Waals surface area contributed by atoms with Crippen LogP contribution in [-0.4, -0.2) is 27.2 Å². The minimum Gasteiger partial charge on any atom is -0.489 e. The predicted octanol–water partition coefficient (Wildman–Crippen LogP) is 7.25.